The Morgan fingerprint density at radius 3 is 2.24 bits per heavy atom. The number of nitrogens with one attached hydrogen (secondary N) is 1. The molecule has 0 heterocycles. The molecule has 7 heteroatoms. The van der Waals surface area contributed by atoms with Crippen molar-refractivity contribution >= 4 is 10.0 Å². The highest BCUT2D eigenvalue weighted by Gasteiger charge is 2.32. The van der Waals surface area contributed by atoms with Crippen LogP contribution in [0.4, 0.5) is 0 Å². The molecule has 1 aromatic rings. The number of methoxy groups -OCH3 is 2. The first-order valence-corrected chi connectivity index (χ1v) is 8.32. The molecule has 0 spiro atoms. The van der Waals surface area contributed by atoms with Crippen molar-refractivity contribution in [2.75, 3.05) is 20.8 Å². The maximum absolute atomic E-state index is 12.7. The van der Waals surface area contributed by atoms with E-state index in [1.807, 2.05) is 13.8 Å². The van der Waals surface area contributed by atoms with E-state index in [1.165, 1.54) is 20.3 Å². The zero-order valence-corrected chi connectivity index (χ0v) is 13.8. The van der Waals surface area contributed by atoms with E-state index in [2.05, 4.69) is 4.72 Å². The van der Waals surface area contributed by atoms with E-state index < -0.39 is 15.6 Å². The van der Waals surface area contributed by atoms with Crippen LogP contribution >= 0.6 is 0 Å². The van der Waals surface area contributed by atoms with Crippen LogP contribution in [0.15, 0.2) is 23.1 Å². The summed E-state index contributed by atoms with van der Waals surface area (Å²) >= 11 is 0. The number of sulfonamides is 1. The average Bonchev–Trinajstić information content (AvgIpc) is 2.52. The third kappa shape index (κ3) is 3.87. The normalized spacial score (nSPS) is 12.2. The van der Waals surface area contributed by atoms with E-state index in [9.17, 15) is 8.42 Å². The summed E-state index contributed by atoms with van der Waals surface area (Å²) in [6.45, 7) is 4.04. The lowest BCUT2D eigenvalue weighted by atomic mass is 9.95. The van der Waals surface area contributed by atoms with Gasteiger partial charge in [0, 0.05) is 18.2 Å². The van der Waals surface area contributed by atoms with Gasteiger partial charge in [0.15, 0.2) is 0 Å². The molecule has 0 fully saturated rings. The number of hydrogen-bond acceptors (Lipinski definition) is 5. The van der Waals surface area contributed by atoms with Gasteiger partial charge >= 0.3 is 0 Å². The second-order valence-corrected chi connectivity index (χ2v) is 6.46. The summed E-state index contributed by atoms with van der Waals surface area (Å²) in [6.07, 6.45) is 1.21. The Bertz CT molecular complexity index is 560. The number of hydrogen-bond donors (Lipinski definition) is 2. The van der Waals surface area contributed by atoms with Gasteiger partial charge in [-0.1, -0.05) is 13.8 Å². The van der Waals surface area contributed by atoms with E-state index in [4.69, 9.17) is 15.2 Å². The Kier molecular flexibility index (Phi) is 6.00. The van der Waals surface area contributed by atoms with Crippen molar-refractivity contribution in [2.24, 2.45) is 5.73 Å². The molecule has 1 rings (SSSR count). The zero-order chi connectivity index (χ0) is 16.1. The fourth-order valence-electron chi connectivity index (χ4n) is 2.06. The Balaban J connectivity index is 3.30. The molecule has 6 nitrogen and oxygen atoms in total. The Morgan fingerprint density at radius 2 is 1.81 bits per heavy atom. The SMILES string of the molecule is CCC(CC)(CN)NS(=O)(=O)c1cc(OC)ccc1OC. The summed E-state index contributed by atoms with van der Waals surface area (Å²) < 4.78 is 38.3. The van der Waals surface area contributed by atoms with Gasteiger partial charge in [-0.25, -0.2) is 13.1 Å². The van der Waals surface area contributed by atoms with Crippen LogP contribution < -0.4 is 19.9 Å². The molecule has 0 aliphatic heterocycles. The van der Waals surface area contributed by atoms with Gasteiger partial charge in [-0.3, -0.25) is 0 Å². The molecule has 0 amide bonds. The molecule has 0 aromatic heterocycles. The Hall–Kier alpha value is -1.31. The van der Waals surface area contributed by atoms with Gasteiger partial charge in [0.2, 0.25) is 10.0 Å². The second kappa shape index (κ2) is 7.11. The van der Waals surface area contributed by atoms with Gasteiger partial charge in [0.25, 0.3) is 0 Å². The molecule has 1 aromatic carbocycles. The van der Waals surface area contributed by atoms with Gasteiger partial charge in [0.1, 0.15) is 16.4 Å². The quantitative estimate of drug-likeness (QED) is 0.758. The van der Waals surface area contributed by atoms with E-state index in [1.54, 1.807) is 12.1 Å². The molecule has 0 aliphatic carbocycles. The summed E-state index contributed by atoms with van der Waals surface area (Å²) in [5.41, 5.74) is 5.10. The van der Waals surface area contributed by atoms with Crippen molar-refractivity contribution in [3.8, 4) is 11.5 Å². The third-order valence-corrected chi connectivity index (χ3v) is 5.36. The highest BCUT2D eigenvalue weighted by Crippen LogP contribution is 2.29. The summed E-state index contributed by atoms with van der Waals surface area (Å²) in [4.78, 5) is 0.0454. The molecule has 21 heavy (non-hydrogen) atoms. The van der Waals surface area contributed by atoms with Crippen molar-refractivity contribution < 1.29 is 17.9 Å². The summed E-state index contributed by atoms with van der Waals surface area (Å²) in [5, 5.41) is 0. The van der Waals surface area contributed by atoms with E-state index in [0.29, 0.717) is 18.6 Å². The van der Waals surface area contributed by atoms with Gasteiger partial charge in [-0.2, -0.15) is 0 Å². The topological polar surface area (TPSA) is 90.7 Å². The summed E-state index contributed by atoms with van der Waals surface area (Å²) in [7, 11) is -0.857. The van der Waals surface area contributed by atoms with Gasteiger partial charge in [-0.15, -0.1) is 0 Å². The Labute approximate surface area is 126 Å². The first-order chi connectivity index (χ1) is 9.87. The molecule has 3 N–H and O–H groups in total. The van der Waals surface area contributed by atoms with Crippen molar-refractivity contribution in [2.45, 2.75) is 37.1 Å². The maximum Gasteiger partial charge on any atom is 0.244 e. The van der Waals surface area contributed by atoms with Crippen LogP contribution in [-0.4, -0.2) is 34.7 Å². The van der Waals surface area contributed by atoms with Crippen LogP contribution in [-0.2, 0) is 10.0 Å². The van der Waals surface area contributed by atoms with E-state index in [0.717, 1.165) is 0 Å². The fraction of sp³-hybridized carbons (Fsp3) is 0.571. The van der Waals surface area contributed by atoms with Crippen LogP contribution in [0.3, 0.4) is 0 Å². The van der Waals surface area contributed by atoms with E-state index >= 15 is 0 Å². The minimum Gasteiger partial charge on any atom is -0.497 e. The lowest BCUT2D eigenvalue weighted by molar-refractivity contribution is 0.359. The first kappa shape index (κ1) is 17.7. The Morgan fingerprint density at radius 1 is 1.19 bits per heavy atom. The van der Waals surface area contributed by atoms with Crippen LogP contribution in [0.5, 0.6) is 11.5 Å². The molecular weight excluding hydrogens is 292 g/mol. The van der Waals surface area contributed by atoms with Crippen LogP contribution in [0.25, 0.3) is 0 Å². The second-order valence-electron chi connectivity index (χ2n) is 4.81. The number of nitrogens with two attached hydrogens (primary N) is 1. The van der Waals surface area contributed by atoms with Crippen LogP contribution in [0, 0.1) is 0 Å². The van der Waals surface area contributed by atoms with Crippen molar-refractivity contribution in [1.29, 1.82) is 0 Å². The van der Waals surface area contributed by atoms with Crippen LogP contribution in [0.1, 0.15) is 26.7 Å². The molecule has 120 valence electrons. The lowest BCUT2D eigenvalue weighted by Crippen LogP contribution is -2.52. The largest absolute Gasteiger partial charge is 0.497 e. The standard InChI is InChI=1S/C14H24N2O4S/c1-5-14(6-2,10-15)16-21(17,18)13-9-11(19-3)7-8-12(13)20-4/h7-9,16H,5-6,10,15H2,1-4H3. The lowest BCUT2D eigenvalue weighted by Gasteiger charge is -2.31. The molecule has 0 unspecified atom stereocenters. The highest BCUT2D eigenvalue weighted by molar-refractivity contribution is 7.89. The predicted octanol–water partition coefficient (Wildman–Crippen LogP) is 1.50. The molecule has 0 bridgehead atoms. The van der Waals surface area contributed by atoms with Crippen molar-refractivity contribution in [1.82, 2.24) is 4.72 Å². The van der Waals surface area contributed by atoms with Gasteiger partial charge in [-0.05, 0) is 25.0 Å². The first-order valence-electron chi connectivity index (χ1n) is 6.84. The molecule has 0 atom stereocenters. The highest BCUT2D eigenvalue weighted by atomic mass is 32.2. The predicted molar refractivity (Wildman–Crippen MR) is 82.2 cm³/mol. The molecule has 0 saturated carbocycles. The minimum atomic E-state index is -3.76. The maximum atomic E-state index is 12.7. The van der Waals surface area contributed by atoms with Crippen molar-refractivity contribution in [3.63, 3.8) is 0 Å². The van der Waals surface area contributed by atoms with Crippen molar-refractivity contribution in [3.05, 3.63) is 18.2 Å². The van der Waals surface area contributed by atoms with E-state index in [-0.39, 0.29) is 17.2 Å². The number of ether oxygens (including phenoxy) is 2. The smallest absolute Gasteiger partial charge is 0.244 e. The monoisotopic (exact) mass is 316 g/mol. The molecular formula is C14H24N2O4S. The zero-order valence-electron chi connectivity index (χ0n) is 13.0. The average molecular weight is 316 g/mol. The third-order valence-electron chi connectivity index (χ3n) is 3.76. The number of rotatable bonds is 8. The minimum absolute atomic E-state index is 0.0454. The number of benzene rings is 1. The molecule has 0 radical (unpaired) electrons. The van der Waals surface area contributed by atoms with Gasteiger partial charge in [0.05, 0.1) is 14.2 Å². The fourth-order valence-corrected chi connectivity index (χ4v) is 3.80. The van der Waals surface area contributed by atoms with Gasteiger partial charge < -0.3 is 15.2 Å². The molecule has 0 saturated heterocycles. The summed E-state index contributed by atoms with van der Waals surface area (Å²) in [5.74, 6) is 0.712. The molecule has 0 aliphatic rings. The van der Waals surface area contributed by atoms with Crippen LogP contribution in [0.2, 0.25) is 0 Å². The summed E-state index contributed by atoms with van der Waals surface area (Å²) in [6, 6.07) is 4.65.